The van der Waals surface area contributed by atoms with Crippen LogP contribution < -0.4 is 5.32 Å². The number of nitrogens with one attached hydrogen (secondary N) is 2. The number of aromatic nitrogens is 4. The maximum Gasteiger partial charge on any atom is 0.129 e. The molecule has 6 heteroatoms. The molecule has 1 saturated heterocycles. The molecule has 0 spiro atoms. The van der Waals surface area contributed by atoms with Gasteiger partial charge in [-0.05, 0) is 38.7 Å². The molecule has 0 aromatic carbocycles. The molecule has 6 nitrogen and oxygen atoms in total. The van der Waals surface area contributed by atoms with Crippen molar-refractivity contribution in [3.05, 3.63) is 35.0 Å². The highest BCUT2D eigenvalue weighted by molar-refractivity contribution is 5.36. The number of rotatable bonds is 6. The van der Waals surface area contributed by atoms with Crippen molar-refractivity contribution in [2.24, 2.45) is 0 Å². The van der Waals surface area contributed by atoms with E-state index in [0.717, 1.165) is 56.2 Å². The number of aryl methyl sites for hydroxylation is 2. The van der Waals surface area contributed by atoms with Gasteiger partial charge in [-0.3, -0.25) is 5.10 Å². The first kappa shape index (κ1) is 15.0. The Morgan fingerprint density at radius 2 is 2.27 bits per heavy atom. The van der Waals surface area contributed by atoms with Gasteiger partial charge in [0.15, 0.2) is 0 Å². The Bertz CT molecular complexity index is 599. The number of hydrogen-bond donors (Lipinski definition) is 2. The highest BCUT2D eigenvalue weighted by atomic mass is 16.5. The minimum Gasteiger partial charge on any atom is -0.381 e. The molecule has 2 N–H and O–H groups in total. The van der Waals surface area contributed by atoms with Gasteiger partial charge in [-0.15, -0.1) is 0 Å². The fraction of sp³-hybridized carbons (Fsp3) is 0.562. The van der Waals surface area contributed by atoms with Crippen LogP contribution in [-0.4, -0.2) is 39.9 Å². The van der Waals surface area contributed by atoms with Crippen molar-refractivity contribution in [2.75, 3.05) is 25.1 Å². The van der Waals surface area contributed by atoms with E-state index in [0.29, 0.717) is 5.92 Å². The standard InChI is InChI=1S/C16H23N5O/c1-11-14(12(2)21-20-11)4-3-6-17-16-8-15(18-10-19-16)13-5-7-22-9-13/h8,10,13H,3-7,9H2,1-2H3,(H,20,21)(H,17,18,19). The summed E-state index contributed by atoms with van der Waals surface area (Å²) in [6.45, 7) is 6.62. The summed E-state index contributed by atoms with van der Waals surface area (Å²) in [5, 5.41) is 10.6. The largest absolute Gasteiger partial charge is 0.381 e. The molecular formula is C16H23N5O. The molecular weight excluding hydrogens is 278 g/mol. The minimum absolute atomic E-state index is 0.416. The molecule has 0 aliphatic carbocycles. The average molecular weight is 301 g/mol. The Kier molecular flexibility index (Phi) is 4.68. The number of H-pyrrole nitrogens is 1. The second kappa shape index (κ2) is 6.87. The van der Waals surface area contributed by atoms with E-state index in [9.17, 15) is 0 Å². The van der Waals surface area contributed by atoms with Crippen molar-refractivity contribution < 1.29 is 4.74 Å². The molecule has 1 aliphatic rings. The predicted octanol–water partition coefficient (Wildman–Crippen LogP) is 2.37. The summed E-state index contributed by atoms with van der Waals surface area (Å²) in [6, 6.07) is 2.05. The van der Waals surface area contributed by atoms with Gasteiger partial charge < -0.3 is 10.1 Å². The summed E-state index contributed by atoms with van der Waals surface area (Å²) in [4.78, 5) is 8.67. The summed E-state index contributed by atoms with van der Waals surface area (Å²) in [6.07, 6.45) is 4.76. The lowest BCUT2D eigenvalue weighted by Gasteiger charge is -2.10. The van der Waals surface area contributed by atoms with Crippen molar-refractivity contribution in [1.82, 2.24) is 20.2 Å². The highest BCUT2D eigenvalue weighted by Gasteiger charge is 2.19. The van der Waals surface area contributed by atoms with Crippen molar-refractivity contribution in [3.63, 3.8) is 0 Å². The van der Waals surface area contributed by atoms with Crippen LogP contribution in [0.25, 0.3) is 0 Å². The monoisotopic (exact) mass is 301 g/mol. The van der Waals surface area contributed by atoms with E-state index in [4.69, 9.17) is 4.74 Å². The van der Waals surface area contributed by atoms with E-state index in [-0.39, 0.29) is 0 Å². The minimum atomic E-state index is 0.416. The number of anilines is 1. The molecule has 0 amide bonds. The van der Waals surface area contributed by atoms with Crippen LogP contribution in [0.1, 0.15) is 41.4 Å². The second-order valence-corrected chi connectivity index (χ2v) is 5.83. The van der Waals surface area contributed by atoms with Gasteiger partial charge in [0.2, 0.25) is 0 Å². The summed E-state index contributed by atoms with van der Waals surface area (Å²) in [7, 11) is 0. The third-order valence-electron chi connectivity index (χ3n) is 4.23. The first-order valence-electron chi connectivity index (χ1n) is 7.88. The SMILES string of the molecule is Cc1n[nH]c(C)c1CCCNc1cc(C2CCOC2)ncn1. The van der Waals surface area contributed by atoms with E-state index in [1.54, 1.807) is 6.33 Å². The molecule has 1 fully saturated rings. The Hall–Kier alpha value is -1.95. The van der Waals surface area contributed by atoms with Gasteiger partial charge in [-0.25, -0.2) is 9.97 Å². The van der Waals surface area contributed by atoms with Crippen molar-refractivity contribution in [1.29, 1.82) is 0 Å². The van der Waals surface area contributed by atoms with E-state index >= 15 is 0 Å². The molecule has 22 heavy (non-hydrogen) atoms. The maximum absolute atomic E-state index is 5.42. The van der Waals surface area contributed by atoms with E-state index in [1.165, 1.54) is 11.3 Å². The Morgan fingerprint density at radius 3 is 3.00 bits per heavy atom. The summed E-state index contributed by atoms with van der Waals surface area (Å²) in [5.74, 6) is 1.32. The lowest BCUT2D eigenvalue weighted by Crippen LogP contribution is -2.08. The molecule has 118 valence electrons. The summed E-state index contributed by atoms with van der Waals surface area (Å²) >= 11 is 0. The van der Waals surface area contributed by atoms with Crippen LogP contribution in [0.5, 0.6) is 0 Å². The van der Waals surface area contributed by atoms with Crippen LogP contribution in [-0.2, 0) is 11.2 Å². The first-order valence-corrected chi connectivity index (χ1v) is 7.88. The molecule has 0 radical (unpaired) electrons. The van der Waals surface area contributed by atoms with Crippen LogP contribution in [0.3, 0.4) is 0 Å². The van der Waals surface area contributed by atoms with Crippen molar-refractivity contribution in [3.8, 4) is 0 Å². The Balaban J connectivity index is 1.50. The quantitative estimate of drug-likeness (QED) is 0.801. The van der Waals surface area contributed by atoms with E-state index in [2.05, 4.69) is 32.4 Å². The zero-order valence-corrected chi connectivity index (χ0v) is 13.2. The van der Waals surface area contributed by atoms with Crippen LogP contribution in [0.2, 0.25) is 0 Å². The normalized spacial score (nSPS) is 17.8. The molecule has 3 rings (SSSR count). The van der Waals surface area contributed by atoms with Gasteiger partial charge in [-0.1, -0.05) is 0 Å². The molecule has 1 aliphatic heterocycles. The lowest BCUT2D eigenvalue weighted by atomic mass is 10.0. The van der Waals surface area contributed by atoms with Gasteiger partial charge in [0.1, 0.15) is 12.1 Å². The first-order chi connectivity index (χ1) is 10.7. The van der Waals surface area contributed by atoms with Crippen molar-refractivity contribution >= 4 is 5.82 Å². The summed E-state index contributed by atoms with van der Waals surface area (Å²) in [5.41, 5.74) is 4.68. The van der Waals surface area contributed by atoms with Gasteiger partial charge in [-0.2, -0.15) is 5.10 Å². The fourth-order valence-corrected chi connectivity index (χ4v) is 2.88. The average Bonchev–Trinajstić information content (AvgIpc) is 3.16. The Morgan fingerprint density at radius 1 is 1.36 bits per heavy atom. The third kappa shape index (κ3) is 3.44. The Labute approximate surface area is 130 Å². The van der Waals surface area contributed by atoms with Crippen molar-refractivity contribution in [2.45, 2.75) is 39.0 Å². The highest BCUT2D eigenvalue weighted by Crippen LogP contribution is 2.24. The molecule has 1 atom stereocenters. The topological polar surface area (TPSA) is 75.7 Å². The van der Waals surface area contributed by atoms with Crippen LogP contribution in [0.4, 0.5) is 5.82 Å². The fourth-order valence-electron chi connectivity index (χ4n) is 2.88. The molecule has 3 heterocycles. The second-order valence-electron chi connectivity index (χ2n) is 5.83. The van der Waals surface area contributed by atoms with E-state index < -0.39 is 0 Å². The van der Waals surface area contributed by atoms with Crippen LogP contribution in [0, 0.1) is 13.8 Å². The van der Waals surface area contributed by atoms with Crippen LogP contribution >= 0.6 is 0 Å². The summed E-state index contributed by atoms with van der Waals surface area (Å²) < 4.78 is 5.42. The number of nitrogens with zero attached hydrogens (tertiary/aromatic N) is 3. The zero-order chi connectivity index (χ0) is 15.4. The van der Waals surface area contributed by atoms with Gasteiger partial charge in [0, 0.05) is 30.8 Å². The third-order valence-corrected chi connectivity index (χ3v) is 4.23. The molecule has 0 bridgehead atoms. The maximum atomic E-state index is 5.42. The number of aromatic amines is 1. The van der Waals surface area contributed by atoms with Crippen LogP contribution in [0.15, 0.2) is 12.4 Å². The predicted molar refractivity (Wildman–Crippen MR) is 85.1 cm³/mol. The van der Waals surface area contributed by atoms with Gasteiger partial charge in [0.25, 0.3) is 0 Å². The van der Waals surface area contributed by atoms with E-state index in [1.807, 2.05) is 13.0 Å². The smallest absolute Gasteiger partial charge is 0.129 e. The molecule has 2 aromatic heterocycles. The van der Waals surface area contributed by atoms with Gasteiger partial charge >= 0.3 is 0 Å². The molecule has 2 aromatic rings. The number of hydrogen-bond acceptors (Lipinski definition) is 5. The zero-order valence-electron chi connectivity index (χ0n) is 13.2. The molecule has 1 unspecified atom stereocenters. The number of ether oxygens (including phenoxy) is 1. The molecule has 0 saturated carbocycles. The van der Waals surface area contributed by atoms with Gasteiger partial charge in [0.05, 0.1) is 18.0 Å². The lowest BCUT2D eigenvalue weighted by molar-refractivity contribution is 0.193.